The predicted molar refractivity (Wildman–Crippen MR) is 81.3 cm³/mol. The molecule has 1 aliphatic heterocycles. The topological polar surface area (TPSA) is 111 Å². The summed E-state index contributed by atoms with van der Waals surface area (Å²) in [5, 5.41) is 19.4. The number of amides is 2. The van der Waals surface area contributed by atoms with Crippen molar-refractivity contribution in [2.75, 3.05) is 6.54 Å². The summed E-state index contributed by atoms with van der Waals surface area (Å²) in [6.45, 7) is 1.94. The van der Waals surface area contributed by atoms with E-state index in [0.29, 0.717) is 4.90 Å². The van der Waals surface area contributed by atoms with Crippen molar-refractivity contribution >= 4 is 28.9 Å². The van der Waals surface area contributed by atoms with E-state index in [9.17, 15) is 19.5 Å². The van der Waals surface area contributed by atoms with Crippen LogP contribution in [0.15, 0.2) is 24.4 Å². The van der Waals surface area contributed by atoms with Gasteiger partial charge in [0.15, 0.2) is 0 Å². The van der Waals surface area contributed by atoms with Gasteiger partial charge >= 0.3 is 12.1 Å². The van der Waals surface area contributed by atoms with Gasteiger partial charge in [0.1, 0.15) is 5.92 Å². The van der Waals surface area contributed by atoms with Crippen molar-refractivity contribution in [2.24, 2.45) is 5.92 Å². The molecule has 0 radical (unpaired) electrons. The highest BCUT2D eigenvalue weighted by Gasteiger charge is 2.45. The van der Waals surface area contributed by atoms with Gasteiger partial charge in [0.25, 0.3) is 0 Å². The lowest BCUT2D eigenvalue weighted by atomic mass is 9.79. The molecule has 3 rings (SSSR count). The molecule has 23 heavy (non-hydrogen) atoms. The Kier molecular flexibility index (Phi) is 3.55. The Morgan fingerprint density at radius 3 is 2.70 bits per heavy atom. The molecule has 1 aromatic heterocycles. The molecule has 7 heteroatoms. The first-order chi connectivity index (χ1) is 10.9. The zero-order chi connectivity index (χ0) is 16.7. The first-order valence-electron chi connectivity index (χ1n) is 7.25. The Balaban J connectivity index is 2.07. The van der Waals surface area contributed by atoms with Gasteiger partial charge in [-0.1, -0.05) is 18.2 Å². The van der Waals surface area contributed by atoms with Gasteiger partial charge in [-0.25, -0.2) is 9.69 Å². The number of carboxylic acid groups (broad SMARTS) is 2. The molecule has 2 atom stereocenters. The van der Waals surface area contributed by atoms with Crippen molar-refractivity contribution in [3.05, 3.63) is 35.5 Å². The summed E-state index contributed by atoms with van der Waals surface area (Å²) < 4.78 is 0. The minimum atomic E-state index is -1.41. The second-order valence-corrected chi connectivity index (χ2v) is 5.73. The molecule has 0 aliphatic carbocycles. The number of H-pyrrole nitrogens is 1. The van der Waals surface area contributed by atoms with Gasteiger partial charge in [0.2, 0.25) is 5.91 Å². The monoisotopic (exact) mass is 316 g/mol. The summed E-state index contributed by atoms with van der Waals surface area (Å²) in [6.07, 6.45) is 0.604. The van der Waals surface area contributed by atoms with Crippen LogP contribution in [0.5, 0.6) is 0 Å². The van der Waals surface area contributed by atoms with Crippen LogP contribution in [0.4, 0.5) is 4.79 Å². The average molecular weight is 316 g/mol. The number of benzene rings is 1. The summed E-state index contributed by atoms with van der Waals surface area (Å²) in [4.78, 5) is 38.7. The molecule has 1 fully saturated rings. The number of likely N-dealkylation sites (tertiary alicyclic amines) is 1. The normalized spacial score (nSPS) is 21.6. The van der Waals surface area contributed by atoms with E-state index in [0.717, 1.165) is 22.0 Å². The lowest BCUT2D eigenvalue weighted by Gasteiger charge is -2.33. The number of para-hydroxylation sites is 1. The Morgan fingerprint density at radius 2 is 2.04 bits per heavy atom. The molecule has 3 N–H and O–H groups in total. The third kappa shape index (κ3) is 2.34. The molecule has 1 aromatic carbocycles. The van der Waals surface area contributed by atoms with Crippen LogP contribution in [0.2, 0.25) is 0 Å². The lowest BCUT2D eigenvalue weighted by molar-refractivity contribution is -0.153. The van der Waals surface area contributed by atoms with Crippen LogP contribution in [-0.4, -0.2) is 44.6 Å². The first-order valence-corrected chi connectivity index (χ1v) is 7.25. The van der Waals surface area contributed by atoms with Crippen molar-refractivity contribution in [1.82, 2.24) is 9.88 Å². The maximum absolute atomic E-state index is 12.3. The van der Waals surface area contributed by atoms with E-state index in [4.69, 9.17) is 5.11 Å². The molecule has 1 aliphatic rings. The van der Waals surface area contributed by atoms with Crippen molar-refractivity contribution in [1.29, 1.82) is 0 Å². The lowest BCUT2D eigenvalue weighted by Crippen LogP contribution is -2.49. The van der Waals surface area contributed by atoms with Crippen molar-refractivity contribution in [3.63, 3.8) is 0 Å². The molecule has 0 saturated carbocycles. The highest BCUT2D eigenvalue weighted by atomic mass is 16.4. The van der Waals surface area contributed by atoms with Gasteiger partial charge in [-0.05, 0) is 24.5 Å². The van der Waals surface area contributed by atoms with Gasteiger partial charge in [-0.15, -0.1) is 0 Å². The van der Waals surface area contributed by atoms with Crippen LogP contribution < -0.4 is 0 Å². The fraction of sp³-hybridized carbons (Fsp3) is 0.312. The number of piperidine rings is 1. The van der Waals surface area contributed by atoms with Gasteiger partial charge in [0.05, 0.1) is 0 Å². The van der Waals surface area contributed by atoms with E-state index in [1.807, 2.05) is 25.1 Å². The highest BCUT2D eigenvalue weighted by molar-refractivity contribution is 6.04. The van der Waals surface area contributed by atoms with E-state index in [2.05, 4.69) is 4.98 Å². The Bertz CT molecular complexity index is 810. The number of imide groups is 1. The van der Waals surface area contributed by atoms with Gasteiger partial charge in [-0.2, -0.15) is 0 Å². The van der Waals surface area contributed by atoms with Crippen LogP contribution >= 0.6 is 0 Å². The number of rotatable bonds is 2. The number of hydrogen-bond donors (Lipinski definition) is 3. The summed E-state index contributed by atoms with van der Waals surface area (Å²) in [6, 6.07) is 5.69. The maximum Gasteiger partial charge on any atom is 0.414 e. The van der Waals surface area contributed by atoms with Crippen molar-refractivity contribution in [3.8, 4) is 0 Å². The number of fused-ring (bicyclic) bond motifs is 1. The van der Waals surface area contributed by atoms with E-state index < -0.39 is 29.8 Å². The molecule has 7 nitrogen and oxygen atoms in total. The molecule has 2 amide bonds. The first kappa shape index (κ1) is 15.1. The van der Waals surface area contributed by atoms with Gasteiger partial charge in [0, 0.05) is 29.6 Å². The van der Waals surface area contributed by atoms with Crippen molar-refractivity contribution in [2.45, 2.75) is 19.3 Å². The fourth-order valence-corrected chi connectivity index (χ4v) is 3.32. The molecule has 2 heterocycles. The van der Waals surface area contributed by atoms with Crippen molar-refractivity contribution < 1.29 is 24.6 Å². The maximum atomic E-state index is 12.3. The second kappa shape index (κ2) is 5.42. The number of carbonyl (C=O) groups excluding carboxylic acids is 1. The summed E-state index contributed by atoms with van der Waals surface area (Å²) in [5.41, 5.74) is 2.67. The standard InChI is InChI=1S/C16H16N2O5/c1-8-3-2-4-10-11(7-17-13(8)10)9-5-6-18(16(22)23)14(19)12(9)15(20)21/h2-4,7,9,12,17H,5-6H2,1H3,(H,20,21)(H,22,23). The van der Waals surface area contributed by atoms with Crippen LogP contribution in [-0.2, 0) is 9.59 Å². The average Bonchev–Trinajstić information content (AvgIpc) is 2.91. The van der Waals surface area contributed by atoms with Crippen LogP contribution in [0.25, 0.3) is 10.9 Å². The number of carbonyl (C=O) groups is 3. The smallest absolute Gasteiger partial charge is 0.414 e. The number of aromatic amines is 1. The quantitative estimate of drug-likeness (QED) is 0.735. The minimum absolute atomic E-state index is 0.00109. The third-order valence-corrected chi connectivity index (χ3v) is 4.45. The molecule has 120 valence electrons. The Labute approximate surface area is 131 Å². The highest BCUT2D eigenvalue weighted by Crippen LogP contribution is 2.38. The molecular weight excluding hydrogens is 300 g/mol. The number of nitrogens with zero attached hydrogens (tertiary/aromatic N) is 1. The number of carboxylic acids is 1. The predicted octanol–water partition coefficient (Wildman–Crippen LogP) is 2.17. The molecule has 0 spiro atoms. The van der Waals surface area contributed by atoms with E-state index in [1.165, 1.54) is 0 Å². The minimum Gasteiger partial charge on any atom is -0.481 e. The SMILES string of the molecule is Cc1cccc2c(C3CCN(C(=O)O)C(=O)C3C(=O)O)c[nH]c12. The number of aliphatic carboxylic acids is 1. The van der Waals surface area contributed by atoms with E-state index in [1.54, 1.807) is 6.20 Å². The van der Waals surface area contributed by atoms with Gasteiger partial charge < -0.3 is 15.2 Å². The summed E-state index contributed by atoms with van der Waals surface area (Å²) in [5.74, 6) is -4.11. The number of aryl methyl sites for hydroxylation is 1. The number of aromatic nitrogens is 1. The molecule has 2 aromatic rings. The van der Waals surface area contributed by atoms with Crippen LogP contribution in [0, 0.1) is 12.8 Å². The van der Waals surface area contributed by atoms with E-state index >= 15 is 0 Å². The number of hydrogen-bond acceptors (Lipinski definition) is 3. The third-order valence-electron chi connectivity index (χ3n) is 4.45. The molecular formula is C16H16N2O5. The van der Waals surface area contributed by atoms with Crippen LogP contribution in [0.3, 0.4) is 0 Å². The zero-order valence-corrected chi connectivity index (χ0v) is 12.4. The van der Waals surface area contributed by atoms with Crippen LogP contribution in [0.1, 0.15) is 23.5 Å². The fourth-order valence-electron chi connectivity index (χ4n) is 3.32. The van der Waals surface area contributed by atoms with E-state index in [-0.39, 0.29) is 13.0 Å². The molecule has 1 saturated heterocycles. The molecule has 2 unspecified atom stereocenters. The summed E-state index contributed by atoms with van der Waals surface area (Å²) >= 11 is 0. The second-order valence-electron chi connectivity index (χ2n) is 5.73. The Morgan fingerprint density at radius 1 is 1.30 bits per heavy atom. The Hall–Kier alpha value is -2.83. The zero-order valence-electron chi connectivity index (χ0n) is 12.4. The molecule has 0 bridgehead atoms. The largest absolute Gasteiger partial charge is 0.481 e. The summed E-state index contributed by atoms with van der Waals surface area (Å²) in [7, 11) is 0. The van der Waals surface area contributed by atoms with Gasteiger partial charge in [-0.3, -0.25) is 9.59 Å². The number of nitrogens with one attached hydrogen (secondary N) is 1.